The van der Waals surface area contributed by atoms with Crippen molar-refractivity contribution in [3.05, 3.63) is 70.9 Å². The van der Waals surface area contributed by atoms with Crippen LogP contribution in [0, 0.1) is 0 Å². The van der Waals surface area contributed by atoms with Crippen LogP contribution in [0.5, 0.6) is 0 Å². The molecule has 4 rings (SSSR count). The number of fused-ring (bicyclic) bond motifs is 1. The fourth-order valence-corrected chi connectivity index (χ4v) is 4.38. The summed E-state index contributed by atoms with van der Waals surface area (Å²) in [5.74, 6) is -2.70. The van der Waals surface area contributed by atoms with Crippen LogP contribution in [0.1, 0.15) is 27.0 Å². The largest absolute Gasteiger partial charge is 0.416 e. The third-order valence-electron chi connectivity index (χ3n) is 6.10. The zero-order valence-electron chi connectivity index (χ0n) is 19.0. The topological polar surface area (TPSA) is 99.5 Å². The number of carbonyl (C=O) groups excluding carboxylic acids is 3. The second-order valence-corrected chi connectivity index (χ2v) is 8.69. The number of nitrogens with one attached hydrogen (secondary N) is 1. The van der Waals surface area contributed by atoms with Crippen LogP contribution < -0.4 is 5.73 Å². The first kappa shape index (κ1) is 26.0. The predicted octanol–water partition coefficient (Wildman–Crippen LogP) is 3.59. The third-order valence-corrected chi connectivity index (χ3v) is 6.10. The van der Waals surface area contributed by atoms with Crippen LogP contribution in [-0.4, -0.2) is 58.2 Å². The summed E-state index contributed by atoms with van der Waals surface area (Å²) >= 11 is 0. The van der Waals surface area contributed by atoms with Crippen molar-refractivity contribution in [2.75, 3.05) is 19.6 Å². The van der Waals surface area contributed by atoms with Crippen LogP contribution in [0.2, 0.25) is 0 Å². The second kappa shape index (κ2) is 9.45. The molecule has 1 aromatic heterocycles. The molecule has 2 heterocycles. The van der Waals surface area contributed by atoms with E-state index in [4.69, 9.17) is 5.73 Å². The summed E-state index contributed by atoms with van der Waals surface area (Å²) in [4.78, 5) is 42.5. The highest BCUT2D eigenvalue weighted by atomic mass is 19.4. The summed E-state index contributed by atoms with van der Waals surface area (Å²) in [5, 5.41) is 0.784. The molecule has 1 aliphatic heterocycles. The maximum absolute atomic E-state index is 13.4. The standard InChI is InChI=1S/C24H20F6N4O3/c25-23(26,27)15-5-13(6-16(8-15)24(28,29)30)22(37)34-12-21(36)33(11-20(31)35)10-17(34)7-14-9-32-19-4-2-1-3-18(14)19/h1-6,8-9,17,32H,7,10-12H2,(H2,31,35)/t17-/m1/s1. The Morgan fingerprint density at radius 1 is 1.00 bits per heavy atom. The zero-order valence-corrected chi connectivity index (χ0v) is 19.0. The quantitative estimate of drug-likeness (QED) is 0.497. The molecule has 37 heavy (non-hydrogen) atoms. The first-order chi connectivity index (χ1) is 17.2. The predicted molar refractivity (Wildman–Crippen MR) is 119 cm³/mol. The van der Waals surface area contributed by atoms with Crippen molar-refractivity contribution in [3.8, 4) is 0 Å². The van der Waals surface area contributed by atoms with Crippen LogP contribution >= 0.6 is 0 Å². The van der Waals surface area contributed by atoms with Gasteiger partial charge in [-0.1, -0.05) is 18.2 Å². The highest BCUT2D eigenvalue weighted by molar-refractivity contribution is 5.98. The number of nitrogens with zero attached hydrogens (tertiary/aromatic N) is 2. The summed E-state index contributed by atoms with van der Waals surface area (Å²) in [6.45, 7) is -1.30. The number of hydrogen-bond acceptors (Lipinski definition) is 3. The molecule has 3 N–H and O–H groups in total. The van der Waals surface area contributed by atoms with Crippen molar-refractivity contribution in [3.63, 3.8) is 0 Å². The number of hydrogen-bond donors (Lipinski definition) is 2. The first-order valence-corrected chi connectivity index (χ1v) is 11.0. The number of para-hydroxylation sites is 1. The van der Waals surface area contributed by atoms with Crippen molar-refractivity contribution in [1.82, 2.24) is 14.8 Å². The van der Waals surface area contributed by atoms with Gasteiger partial charge in [-0.05, 0) is 36.2 Å². The van der Waals surface area contributed by atoms with E-state index < -0.39 is 65.9 Å². The molecule has 0 unspecified atom stereocenters. The van der Waals surface area contributed by atoms with Gasteiger partial charge in [-0.3, -0.25) is 14.4 Å². The molecule has 13 heteroatoms. The Balaban J connectivity index is 1.74. The van der Waals surface area contributed by atoms with Gasteiger partial charge in [0.2, 0.25) is 11.8 Å². The van der Waals surface area contributed by atoms with E-state index in [1.807, 2.05) is 0 Å². The van der Waals surface area contributed by atoms with E-state index in [2.05, 4.69) is 4.98 Å². The molecular weight excluding hydrogens is 506 g/mol. The fourth-order valence-electron chi connectivity index (χ4n) is 4.38. The molecule has 1 saturated heterocycles. The molecule has 3 amide bonds. The lowest BCUT2D eigenvalue weighted by Gasteiger charge is -2.40. The fraction of sp³-hybridized carbons (Fsp3) is 0.292. The number of H-pyrrole nitrogens is 1. The number of alkyl halides is 6. The maximum Gasteiger partial charge on any atom is 0.416 e. The van der Waals surface area contributed by atoms with E-state index in [1.54, 1.807) is 30.5 Å². The monoisotopic (exact) mass is 526 g/mol. The Bertz CT molecular complexity index is 1330. The Morgan fingerprint density at radius 3 is 2.22 bits per heavy atom. The van der Waals surface area contributed by atoms with E-state index >= 15 is 0 Å². The third kappa shape index (κ3) is 5.54. The minimum absolute atomic E-state index is 0.0733. The number of rotatable bonds is 5. The lowest BCUT2D eigenvalue weighted by atomic mass is 9.98. The van der Waals surface area contributed by atoms with Gasteiger partial charge in [0.1, 0.15) is 6.54 Å². The van der Waals surface area contributed by atoms with E-state index in [0.29, 0.717) is 17.7 Å². The molecule has 196 valence electrons. The van der Waals surface area contributed by atoms with Gasteiger partial charge in [-0.25, -0.2) is 0 Å². The molecule has 2 aromatic carbocycles. The number of carbonyl (C=O) groups is 3. The van der Waals surface area contributed by atoms with Gasteiger partial charge in [0.25, 0.3) is 5.91 Å². The van der Waals surface area contributed by atoms with E-state index in [1.165, 1.54) is 0 Å². The summed E-state index contributed by atoms with van der Waals surface area (Å²) in [5.41, 5.74) is 2.54. The number of amides is 3. The lowest BCUT2D eigenvalue weighted by molar-refractivity contribution is -0.143. The minimum atomic E-state index is -5.14. The molecule has 0 bridgehead atoms. The molecular formula is C24H20F6N4O3. The minimum Gasteiger partial charge on any atom is -0.368 e. The normalized spacial score (nSPS) is 16.9. The van der Waals surface area contributed by atoms with Gasteiger partial charge in [0.05, 0.1) is 23.7 Å². The lowest BCUT2D eigenvalue weighted by Crippen LogP contribution is -2.59. The van der Waals surface area contributed by atoms with Crippen LogP contribution in [0.15, 0.2) is 48.7 Å². The smallest absolute Gasteiger partial charge is 0.368 e. The molecule has 0 spiro atoms. The second-order valence-electron chi connectivity index (χ2n) is 8.69. The van der Waals surface area contributed by atoms with Gasteiger partial charge >= 0.3 is 12.4 Å². The van der Waals surface area contributed by atoms with Crippen molar-refractivity contribution in [1.29, 1.82) is 0 Å². The Hall–Kier alpha value is -4.03. The van der Waals surface area contributed by atoms with E-state index in [-0.39, 0.29) is 19.0 Å². The number of piperazine rings is 1. The van der Waals surface area contributed by atoms with Gasteiger partial charge in [0, 0.05) is 29.2 Å². The van der Waals surface area contributed by atoms with Crippen molar-refractivity contribution < 1.29 is 40.7 Å². The number of halogens is 6. The zero-order chi connectivity index (χ0) is 27.1. The number of primary amides is 1. The van der Waals surface area contributed by atoms with Crippen molar-refractivity contribution >= 4 is 28.6 Å². The molecule has 0 saturated carbocycles. The number of benzene rings is 2. The summed E-state index contributed by atoms with van der Waals surface area (Å²) in [7, 11) is 0. The summed E-state index contributed by atoms with van der Waals surface area (Å²) < 4.78 is 80.1. The van der Waals surface area contributed by atoms with Crippen LogP contribution in [0.3, 0.4) is 0 Å². The van der Waals surface area contributed by atoms with Crippen LogP contribution in [-0.2, 0) is 28.4 Å². The summed E-state index contributed by atoms with van der Waals surface area (Å²) in [6, 6.07) is 6.88. The van der Waals surface area contributed by atoms with Gasteiger partial charge in [0.15, 0.2) is 0 Å². The summed E-state index contributed by atoms with van der Waals surface area (Å²) in [6.07, 6.45) is -8.52. The highest BCUT2D eigenvalue weighted by Gasteiger charge is 2.40. The first-order valence-electron chi connectivity index (χ1n) is 11.0. The Kier molecular flexibility index (Phi) is 6.65. The van der Waals surface area contributed by atoms with Crippen molar-refractivity contribution in [2.45, 2.75) is 24.8 Å². The molecule has 3 aromatic rings. The number of aromatic amines is 1. The Labute approximate surface area is 205 Å². The van der Waals surface area contributed by atoms with Gasteiger partial charge in [-0.15, -0.1) is 0 Å². The van der Waals surface area contributed by atoms with Crippen LogP contribution in [0.25, 0.3) is 10.9 Å². The van der Waals surface area contributed by atoms with Crippen molar-refractivity contribution in [2.24, 2.45) is 5.73 Å². The SMILES string of the molecule is NC(=O)CN1C[C@@H](Cc2c[nH]c3ccccc23)N(C(=O)c2cc(C(F)(F)F)cc(C(F)(F)F)c2)CC1=O. The average molecular weight is 526 g/mol. The number of nitrogens with two attached hydrogens (primary N) is 1. The highest BCUT2D eigenvalue weighted by Crippen LogP contribution is 2.37. The van der Waals surface area contributed by atoms with E-state index in [9.17, 15) is 40.7 Å². The number of aromatic nitrogens is 1. The van der Waals surface area contributed by atoms with Crippen LogP contribution in [0.4, 0.5) is 26.3 Å². The average Bonchev–Trinajstić information content (AvgIpc) is 3.21. The molecule has 0 aliphatic carbocycles. The molecule has 1 atom stereocenters. The maximum atomic E-state index is 13.4. The Morgan fingerprint density at radius 2 is 1.62 bits per heavy atom. The van der Waals surface area contributed by atoms with E-state index in [0.717, 1.165) is 20.7 Å². The van der Waals surface area contributed by atoms with Gasteiger partial charge in [-0.2, -0.15) is 26.3 Å². The molecule has 7 nitrogen and oxygen atoms in total. The molecule has 1 aliphatic rings. The molecule has 0 radical (unpaired) electrons. The van der Waals surface area contributed by atoms with Gasteiger partial charge < -0.3 is 20.5 Å². The molecule has 1 fully saturated rings.